The molecule has 28 heavy (non-hydrogen) atoms. The molecule has 0 amide bonds. The van der Waals surface area contributed by atoms with Crippen LogP contribution in [-0.2, 0) is 11.2 Å². The number of allylic oxidation sites excluding steroid dienone is 1. The molecule has 4 nitrogen and oxygen atoms in total. The molecule has 2 atom stereocenters. The molecule has 0 aliphatic heterocycles. The van der Waals surface area contributed by atoms with Gasteiger partial charge in [-0.1, -0.05) is 23.7 Å². The van der Waals surface area contributed by atoms with Crippen molar-refractivity contribution < 1.29 is 9.18 Å². The molecular formula is C22H21ClFN3O. The number of nitrogens with zero attached hydrogens (tertiary/aromatic N) is 2. The van der Waals surface area contributed by atoms with Crippen molar-refractivity contribution in [2.75, 3.05) is 5.32 Å². The number of anilines is 1. The third-order valence-corrected chi connectivity index (χ3v) is 5.88. The van der Waals surface area contributed by atoms with Crippen LogP contribution in [0.5, 0.6) is 0 Å². The first kappa shape index (κ1) is 18.9. The van der Waals surface area contributed by atoms with Gasteiger partial charge in [-0.15, -0.1) is 0 Å². The van der Waals surface area contributed by atoms with E-state index in [1.807, 2.05) is 25.1 Å². The predicted octanol–water partition coefficient (Wildman–Crippen LogP) is 5.31. The fourth-order valence-corrected chi connectivity index (χ4v) is 4.43. The summed E-state index contributed by atoms with van der Waals surface area (Å²) >= 11 is 6.16. The lowest BCUT2D eigenvalue weighted by atomic mass is 9.81. The highest BCUT2D eigenvalue weighted by atomic mass is 35.5. The number of hydrogen-bond acceptors (Lipinski definition) is 4. The Morgan fingerprint density at radius 3 is 3.07 bits per heavy atom. The number of hydrogen-bond donors (Lipinski definition) is 1. The van der Waals surface area contributed by atoms with Crippen molar-refractivity contribution in [2.24, 2.45) is 4.99 Å². The molecule has 0 unspecified atom stereocenters. The van der Waals surface area contributed by atoms with Gasteiger partial charge in [0.2, 0.25) is 6.08 Å². The molecule has 0 spiro atoms. The highest BCUT2D eigenvalue weighted by Gasteiger charge is 2.32. The Labute approximate surface area is 168 Å². The molecule has 1 aromatic heterocycles. The normalized spacial score (nSPS) is 23.5. The van der Waals surface area contributed by atoms with Crippen LogP contribution >= 0.6 is 11.6 Å². The van der Waals surface area contributed by atoms with Crippen LogP contribution in [0.3, 0.4) is 0 Å². The number of aliphatic imine (C=N–C) groups is 1. The third kappa shape index (κ3) is 3.73. The predicted molar refractivity (Wildman–Crippen MR) is 109 cm³/mol. The van der Waals surface area contributed by atoms with Gasteiger partial charge in [0, 0.05) is 16.6 Å². The van der Waals surface area contributed by atoms with E-state index in [1.54, 1.807) is 12.1 Å². The second-order valence-electron chi connectivity index (χ2n) is 7.81. The van der Waals surface area contributed by atoms with E-state index in [0.717, 1.165) is 42.5 Å². The Morgan fingerprint density at radius 1 is 1.39 bits per heavy atom. The van der Waals surface area contributed by atoms with E-state index >= 15 is 0 Å². The fraction of sp³-hybridized carbons (Fsp3) is 0.364. The lowest BCUT2D eigenvalue weighted by Gasteiger charge is -2.34. The first-order chi connectivity index (χ1) is 13.5. The molecule has 4 rings (SSSR count). The van der Waals surface area contributed by atoms with E-state index in [0.29, 0.717) is 17.1 Å². The number of carbonyl (C=O) groups excluding carboxylic acids is 1. The topological polar surface area (TPSA) is 54.4 Å². The number of rotatable bonds is 4. The smallest absolute Gasteiger partial charge is 0.235 e. The molecule has 0 saturated heterocycles. The van der Waals surface area contributed by atoms with Crippen molar-refractivity contribution in [1.29, 1.82) is 0 Å². The Balaban J connectivity index is 1.59. The zero-order chi connectivity index (χ0) is 19.7. The minimum atomic E-state index is -0.437. The minimum Gasteiger partial charge on any atom is -0.380 e. The molecule has 144 valence electrons. The maximum absolute atomic E-state index is 14.5. The zero-order valence-electron chi connectivity index (χ0n) is 15.6. The largest absolute Gasteiger partial charge is 0.380 e. The molecular weight excluding hydrogens is 377 g/mol. The number of aromatic nitrogens is 1. The Morgan fingerprint density at radius 2 is 2.25 bits per heavy atom. The van der Waals surface area contributed by atoms with Crippen LogP contribution in [0.1, 0.15) is 49.4 Å². The van der Waals surface area contributed by atoms with Gasteiger partial charge in [-0.25, -0.2) is 9.18 Å². The van der Waals surface area contributed by atoms with E-state index < -0.39 is 5.54 Å². The van der Waals surface area contributed by atoms with Crippen LogP contribution in [-0.4, -0.2) is 22.6 Å². The lowest BCUT2D eigenvalue weighted by molar-refractivity contribution is 0.303. The SMILES string of the molecule is C[C@@]1(N=C=O)CCC[C@H](Nc2cc(C3=CCc4ccc(Cl)cc43)ncc2F)C1. The quantitative estimate of drug-likeness (QED) is 0.561. The van der Waals surface area contributed by atoms with Gasteiger partial charge in [0.1, 0.15) is 0 Å². The summed E-state index contributed by atoms with van der Waals surface area (Å²) in [6.45, 7) is 1.95. The molecule has 1 heterocycles. The van der Waals surface area contributed by atoms with Gasteiger partial charge < -0.3 is 5.32 Å². The average Bonchev–Trinajstić information content (AvgIpc) is 3.06. The highest BCUT2D eigenvalue weighted by molar-refractivity contribution is 6.30. The van der Waals surface area contributed by atoms with Crippen LogP contribution in [0.15, 0.2) is 41.5 Å². The van der Waals surface area contributed by atoms with Crippen LogP contribution in [0.25, 0.3) is 5.57 Å². The van der Waals surface area contributed by atoms with E-state index in [-0.39, 0.29) is 11.9 Å². The molecule has 1 fully saturated rings. The van der Waals surface area contributed by atoms with E-state index in [1.165, 1.54) is 11.8 Å². The van der Waals surface area contributed by atoms with Crippen LogP contribution in [0, 0.1) is 5.82 Å². The number of nitrogens with one attached hydrogen (secondary N) is 1. The minimum absolute atomic E-state index is 0.0416. The van der Waals surface area contributed by atoms with Crippen molar-refractivity contribution in [1.82, 2.24) is 4.98 Å². The van der Waals surface area contributed by atoms with Crippen LogP contribution in [0.4, 0.5) is 10.1 Å². The number of benzene rings is 1. The fourth-order valence-electron chi connectivity index (χ4n) is 4.26. The van der Waals surface area contributed by atoms with Gasteiger partial charge in [-0.2, -0.15) is 4.99 Å². The van der Waals surface area contributed by atoms with Crippen molar-refractivity contribution in [3.8, 4) is 0 Å². The third-order valence-electron chi connectivity index (χ3n) is 5.65. The Kier molecular flexibility index (Phi) is 5.05. The molecule has 1 aromatic carbocycles. The van der Waals surface area contributed by atoms with Crippen molar-refractivity contribution >= 4 is 28.9 Å². The summed E-state index contributed by atoms with van der Waals surface area (Å²) in [5, 5.41) is 3.97. The maximum Gasteiger partial charge on any atom is 0.235 e. The Bertz CT molecular complexity index is 999. The summed E-state index contributed by atoms with van der Waals surface area (Å²) < 4.78 is 14.5. The van der Waals surface area contributed by atoms with E-state index in [9.17, 15) is 9.18 Å². The molecule has 0 bridgehead atoms. The summed E-state index contributed by atoms with van der Waals surface area (Å²) in [4.78, 5) is 19.0. The maximum atomic E-state index is 14.5. The van der Waals surface area contributed by atoms with E-state index in [2.05, 4.69) is 21.4 Å². The van der Waals surface area contributed by atoms with Crippen LogP contribution in [0.2, 0.25) is 5.02 Å². The average molecular weight is 398 g/mol. The number of isocyanates is 1. The van der Waals surface area contributed by atoms with Gasteiger partial charge >= 0.3 is 0 Å². The number of pyridine rings is 1. The Hall–Kier alpha value is -2.49. The van der Waals surface area contributed by atoms with Crippen molar-refractivity contribution in [3.05, 3.63) is 64.2 Å². The van der Waals surface area contributed by atoms with Gasteiger partial charge in [0.05, 0.1) is 23.1 Å². The standard InChI is InChI=1S/C22H21ClFN3O/c1-22(26-13-28)8-2-3-16(11-22)27-21-10-20(25-12-19(21)24)17-7-5-14-4-6-15(23)9-18(14)17/h4,6-7,9-10,12,16H,2-3,5,8,11H2,1H3,(H,25,27)/t16-,22+/m0/s1. The molecule has 2 aliphatic rings. The summed E-state index contributed by atoms with van der Waals surface area (Å²) in [6.07, 6.45) is 9.19. The first-order valence-corrected chi connectivity index (χ1v) is 9.86. The molecule has 6 heteroatoms. The van der Waals surface area contributed by atoms with Gasteiger partial charge in [-0.3, -0.25) is 4.98 Å². The monoisotopic (exact) mass is 397 g/mol. The molecule has 0 radical (unpaired) electrons. The van der Waals surface area contributed by atoms with E-state index in [4.69, 9.17) is 11.6 Å². The lowest BCUT2D eigenvalue weighted by Crippen LogP contribution is -2.37. The summed E-state index contributed by atoms with van der Waals surface area (Å²) in [5.74, 6) is -0.389. The molecule has 2 aromatic rings. The summed E-state index contributed by atoms with van der Waals surface area (Å²) in [5.41, 5.74) is 3.91. The van der Waals surface area contributed by atoms with Crippen LogP contribution < -0.4 is 5.32 Å². The highest BCUT2D eigenvalue weighted by Crippen LogP contribution is 2.36. The van der Waals surface area contributed by atoms with Crippen molar-refractivity contribution in [3.63, 3.8) is 0 Å². The second-order valence-corrected chi connectivity index (χ2v) is 8.25. The van der Waals surface area contributed by atoms with Gasteiger partial charge in [-0.05, 0) is 68.4 Å². The molecule has 1 N–H and O–H groups in total. The zero-order valence-corrected chi connectivity index (χ0v) is 16.4. The first-order valence-electron chi connectivity index (χ1n) is 9.48. The second kappa shape index (κ2) is 7.50. The number of halogens is 2. The summed E-state index contributed by atoms with van der Waals surface area (Å²) in [6, 6.07) is 7.62. The molecule has 2 aliphatic carbocycles. The molecule has 1 saturated carbocycles. The summed E-state index contributed by atoms with van der Waals surface area (Å²) in [7, 11) is 0. The van der Waals surface area contributed by atoms with Gasteiger partial charge in [0.25, 0.3) is 0 Å². The van der Waals surface area contributed by atoms with Gasteiger partial charge in [0.15, 0.2) is 5.82 Å². The van der Waals surface area contributed by atoms with Crippen molar-refractivity contribution in [2.45, 2.75) is 50.6 Å². The number of fused-ring (bicyclic) bond motifs is 1.